The molecule has 0 radical (unpaired) electrons. The van der Waals surface area contributed by atoms with Gasteiger partial charge in [-0.3, -0.25) is 0 Å². The summed E-state index contributed by atoms with van der Waals surface area (Å²) in [6.45, 7) is 3.84. The molecule has 1 heterocycles. The van der Waals surface area contributed by atoms with Gasteiger partial charge in [0, 0.05) is 19.3 Å². The molecule has 0 atom stereocenters. The van der Waals surface area contributed by atoms with Crippen LogP contribution in [0.15, 0.2) is 12.3 Å². The molecule has 1 aromatic heterocycles. The highest BCUT2D eigenvalue weighted by atomic mass is 16.4. The summed E-state index contributed by atoms with van der Waals surface area (Å²) in [5, 5.41) is 8.84. The number of carbonyl (C=O) groups is 1. The summed E-state index contributed by atoms with van der Waals surface area (Å²) < 4.78 is 0. The highest BCUT2D eigenvalue weighted by Crippen LogP contribution is 2.32. The minimum Gasteiger partial charge on any atom is -0.478 e. The lowest BCUT2D eigenvalue weighted by Crippen LogP contribution is -2.27. The van der Waals surface area contributed by atoms with E-state index in [2.05, 4.69) is 16.8 Å². The Kier molecular flexibility index (Phi) is 3.17. The number of pyridine rings is 1. The summed E-state index contributed by atoms with van der Waals surface area (Å²) in [7, 11) is 0. The molecule has 0 aliphatic heterocycles. The summed E-state index contributed by atoms with van der Waals surface area (Å²) in [5.74, 6) is 0.445. The molecule has 2 rings (SSSR count). The number of aromatic carboxylic acids is 1. The number of hydrogen-bond acceptors (Lipinski definition) is 4. The predicted molar refractivity (Wildman–Crippen MR) is 66.2 cm³/mol. The average molecular weight is 235 g/mol. The first-order valence-electron chi connectivity index (χ1n) is 5.85. The lowest BCUT2D eigenvalue weighted by molar-refractivity contribution is 0.0696. The van der Waals surface area contributed by atoms with E-state index in [1.807, 2.05) is 0 Å². The summed E-state index contributed by atoms with van der Waals surface area (Å²) in [6.07, 6.45) is 3.90. The van der Waals surface area contributed by atoms with Crippen molar-refractivity contribution in [2.75, 3.05) is 23.7 Å². The molecule has 0 saturated heterocycles. The molecule has 5 heteroatoms. The van der Waals surface area contributed by atoms with Crippen LogP contribution in [-0.2, 0) is 0 Å². The zero-order valence-electron chi connectivity index (χ0n) is 9.89. The molecular weight excluding hydrogens is 218 g/mol. The van der Waals surface area contributed by atoms with Gasteiger partial charge in [0.05, 0.1) is 11.3 Å². The number of nitrogen functional groups attached to an aromatic ring is 1. The Bertz CT molecular complexity index is 430. The second-order valence-electron chi connectivity index (χ2n) is 4.42. The third-order valence-corrected chi connectivity index (χ3v) is 3.00. The number of nitrogens with two attached hydrogens (primary N) is 1. The first kappa shape index (κ1) is 11.7. The highest BCUT2D eigenvalue weighted by Gasteiger charge is 2.25. The Morgan fingerprint density at radius 2 is 2.35 bits per heavy atom. The predicted octanol–water partition coefficient (Wildman–Crippen LogP) is 1.60. The van der Waals surface area contributed by atoms with Crippen LogP contribution in [-0.4, -0.2) is 29.1 Å². The van der Waals surface area contributed by atoms with Crippen LogP contribution in [0.2, 0.25) is 0 Å². The fraction of sp³-hybridized carbons (Fsp3) is 0.500. The molecule has 1 aliphatic rings. The average Bonchev–Trinajstić information content (AvgIpc) is 3.10. The Morgan fingerprint density at radius 1 is 1.65 bits per heavy atom. The minimum absolute atomic E-state index is 0.133. The van der Waals surface area contributed by atoms with Gasteiger partial charge in [0.2, 0.25) is 0 Å². The number of carboxylic acid groups (broad SMARTS) is 1. The van der Waals surface area contributed by atoms with E-state index in [-0.39, 0.29) is 5.56 Å². The third-order valence-electron chi connectivity index (χ3n) is 3.00. The van der Waals surface area contributed by atoms with E-state index in [4.69, 9.17) is 10.8 Å². The van der Waals surface area contributed by atoms with Crippen molar-refractivity contribution in [2.24, 2.45) is 5.92 Å². The molecule has 0 bridgehead atoms. The Labute approximate surface area is 100 Å². The molecule has 1 fully saturated rings. The van der Waals surface area contributed by atoms with Gasteiger partial charge in [0.25, 0.3) is 0 Å². The summed E-state index contributed by atoms with van der Waals surface area (Å²) in [4.78, 5) is 17.1. The van der Waals surface area contributed by atoms with Gasteiger partial charge >= 0.3 is 5.97 Å². The molecule has 17 heavy (non-hydrogen) atoms. The van der Waals surface area contributed by atoms with Crippen molar-refractivity contribution in [3.05, 3.63) is 17.8 Å². The lowest BCUT2D eigenvalue weighted by Gasteiger charge is -2.23. The molecule has 1 aliphatic carbocycles. The monoisotopic (exact) mass is 235 g/mol. The summed E-state index contributed by atoms with van der Waals surface area (Å²) >= 11 is 0. The van der Waals surface area contributed by atoms with Gasteiger partial charge in [-0.2, -0.15) is 0 Å². The molecule has 0 aromatic carbocycles. The van der Waals surface area contributed by atoms with Crippen molar-refractivity contribution in [3.8, 4) is 0 Å². The number of rotatable bonds is 5. The van der Waals surface area contributed by atoms with Crippen molar-refractivity contribution >= 4 is 17.5 Å². The number of anilines is 2. The maximum atomic E-state index is 10.8. The third kappa shape index (κ3) is 2.67. The number of nitrogens with zero attached hydrogens (tertiary/aromatic N) is 2. The van der Waals surface area contributed by atoms with Crippen LogP contribution >= 0.6 is 0 Å². The van der Waals surface area contributed by atoms with Crippen molar-refractivity contribution in [1.82, 2.24) is 4.98 Å². The van der Waals surface area contributed by atoms with Gasteiger partial charge in [-0.1, -0.05) is 0 Å². The molecule has 0 unspecified atom stereocenters. The van der Waals surface area contributed by atoms with Crippen LogP contribution in [0.4, 0.5) is 11.5 Å². The van der Waals surface area contributed by atoms with Crippen LogP contribution in [0.5, 0.6) is 0 Å². The van der Waals surface area contributed by atoms with E-state index in [1.54, 1.807) is 0 Å². The van der Waals surface area contributed by atoms with Crippen molar-refractivity contribution in [3.63, 3.8) is 0 Å². The van der Waals surface area contributed by atoms with Gasteiger partial charge in [-0.05, 0) is 31.7 Å². The SMILES string of the molecule is CCN(CC1CC1)c1ncc(C(=O)O)cc1N. The molecule has 92 valence electrons. The van der Waals surface area contributed by atoms with Crippen molar-refractivity contribution in [1.29, 1.82) is 0 Å². The second kappa shape index (κ2) is 4.61. The maximum absolute atomic E-state index is 10.8. The van der Waals surface area contributed by atoms with Crippen LogP contribution in [0, 0.1) is 5.92 Å². The Balaban J connectivity index is 2.20. The molecule has 0 spiro atoms. The van der Waals surface area contributed by atoms with E-state index >= 15 is 0 Å². The number of carboxylic acids is 1. The first-order chi connectivity index (χ1) is 8.11. The zero-order valence-corrected chi connectivity index (χ0v) is 9.89. The lowest BCUT2D eigenvalue weighted by atomic mass is 10.2. The van der Waals surface area contributed by atoms with E-state index in [9.17, 15) is 4.79 Å². The van der Waals surface area contributed by atoms with E-state index in [1.165, 1.54) is 25.1 Å². The standard InChI is InChI=1S/C12H17N3O2/c1-2-15(7-8-3-4-8)11-10(13)5-9(6-14-11)12(16)17/h5-6,8H,2-4,7,13H2,1H3,(H,16,17). The largest absolute Gasteiger partial charge is 0.478 e. The second-order valence-corrected chi connectivity index (χ2v) is 4.42. The highest BCUT2D eigenvalue weighted by molar-refractivity contribution is 5.89. The Hall–Kier alpha value is -1.78. The fourth-order valence-electron chi connectivity index (χ4n) is 1.83. The van der Waals surface area contributed by atoms with Gasteiger partial charge in [0.15, 0.2) is 5.82 Å². The molecular formula is C12H17N3O2. The Morgan fingerprint density at radius 3 is 2.82 bits per heavy atom. The minimum atomic E-state index is -0.999. The smallest absolute Gasteiger partial charge is 0.337 e. The van der Waals surface area contributed by atoms with Crippen LogP contribution in [0.3, 0.4) is 0 Å². The van der Waals surface area contributed by atoms with Gasteiger partial charge in [0.1, 0.15) is 0 Å². The summed E-state index contributed by atoms with van der Waals surface area (Å²) in [6, 6.07) is 1.47. The molecule has 5 nitrogen and oxygen atoms in total. The first-order valence-corrected chi connectivity index (χ1v) is 5.85. The molecule has 0 amide bonds. The zero-order chi connectivity index (χ0) is 12.4. The number of hydrogen-bond donors (Lipinski definition) is 2. The van der Waals surface area contributed by atoms with Crippen molar-refractivity contribution in [2.45, 2.75) is 19.8 Å². The topological polar surface area (TPSA) is 79.5 Å². The van der Waals surface area contributed by atoms with Gasteiger partial charge in [-0.25, -0.2) is 9.78 Å². The van der Waals surface area contributed by atoms with E-state index in [0.717, 1.165) is 19.0 Å². The normalized spacial score (nSPS) is 14.6. The quantitative estimate of drug-likeness (QED) is 0.810. The number of aromatic nitrogens is 1. The summed E-state index contributed by atoms with van der Waals surface area (Å²) in [5.41, 5.74) is 6.43. The molecule has 3 N–H and O–H groups in total. The van der Waals surface area contributed by atoms with Crippen LogP contribution in [0.25, 0.3) is 0 Å². The van der Waals surface area contributed by atoms with Gasteiger partial charge in [-0.15, -0.1) is 0 Å². The molecule has 1 saturated carbocycles. The van der Waals surface area contributed by atoms with E-state index < -0.39 is 5.97 Å². The van der Waals surface area contributed by atoms with Crippen molar-refractivity contribution < 1.29 is 9.90 Å². The maximum Gasteiger partial charge on any atom is 0.337 e. The van der Waals surface area contributed by atoms with Crippen LogP contribution < -0.4 is 10.6 Å². The molecule has 1 aromatic rings. The fourth-order valence-corrected chi connectivity index (χ4v) is 1.83. The van der Waals surface area contributed by atoms with Crippen LogP contribution in [0.1, 0.15) is 30.1 Å². The van der Waals surface area contributed by atoms with Gasteiger partial charge < -0.3 is 15.7 Å². The van der Waals surface area contributed by atoms with E-state index in [0.29, 0.717) is 11.5 Å².